The largest absolute Gasteiger partial charge is 0.504 e. The Morgan fingerprint density at radius 2 is 1.74 bits per heavy atom. The molecule has 7 rings (SSSR count). The van der Waals surface area contributed by atoms with Crippen molar-refractivity contribution in [3.05, 3.63) is 89.6 Å². The van der Waals surface area contributed by atoms with Crippen LogP contribution in [0.15, 0.2) is 72.9 Å². The van der Waals surface area contributed by atoms with Crippen LogP contribution in [-0.2, 0) is 26.6 Å². The third-order valence-corrected chi connectivity index (χ3v) is 7.02. The summed E-state index contributed by atoms with van der Waals surface area (Å²) in [7, 11) is 1.83. The fraction of sp³-hybridized carbons (Fsp3) is 0.143. The number of benzene rings is 3. The van der Waals surface area contributed by atoms with Crippen molar-refractivity contribution in [2.45, 2.75) is 19.5 Å². The molecule has 4 heterocycles. The van der Waals surface area contributed by atoms with E-state index in [1.165, 1.54) is 22.4 Å². The molecular formula is C28H24N6O. The van der Waals surface area contributed by atoms with Crippen LogP contribution in [-0.4, -0.2) is 24.9 Å². The van der Waals surface area contributed by atoms with E-state index in [1.54, 1.807) is 4.68 Å². The molecule has 35 heavy (non-hydrogen) atoms. The first-order valence-electron chi connectivity index (χ1n) is 11.7. The Morgan fingerprint density at radius 1 is 0.971 bits per heavy atom. The van der Waals surface area contributed by atoms with E-state index in [0.717, 1.165) is 47.5 Å². The number of para-hydroxylation sites is 1. The van der Waals surface area contributed by atoms with Crippen LogP contribution in [0.3, 0.4) is 0 Å². The Hall–Kier alpha value is -4.36. The normalized spacial score (nSPS) is 14.7. The van der Waals surface area contributed by atoms with Crippen LogP contribution < -0.4 is 10.2 Å². The molecule has 5 aromatic rings. The Bertz CT molecular complexity index is 1600. The molecule has 0 saturated carbocycles. The first kappa shape index (κ1) is 20.1. The number of nitrogens with zero attached hydrogens (tertiary/aromatic N) is 4. The van der Waals surface area contributed by atoms with E-state index in [2.05, 4.69) is 63.3 Å². The molecule has 7 nitrogen and oxygen atoms in total. The van der Waals surface area contributed by atoms with Crippen LogP contribution in [0.2, 0.25) is 0 Å². The molecule has 3 N–H and O–H groups in total. The second kappa shape index (κ2) is 7.32. The van der Waals surface area contributed by atoms with Crippen molar-refractivity contribution in [3.8, 4) is 28.5 Å². The van der Waals surface area contributed by atoms with Gasteiger partial charge in [-0.2, -0.15) is 5.10 Å². The highest BCUT2D eigenvalue weighted by Gasteiger charge is 2.25. The highest BCUT2D eigenvalue weighted by atomic mass is 16.3. The van der Waals surface area contributed by atoms with Gasteiger partial charge in [0, 0.05) is 49.2 Å². The number of nitrogens with one attached hydrogen (secondary N) is 2. The van der Waals surface area contributed by atoms with Crippen molar-refractivity contribution in [1.29, 1.82) is 0 Å². The number of aromatic nitrogens is 4. The summed E-state index contributed by atoms with van der Waals surface area (Å²) < 4.78 is 1.68. The zero-order valence-electron chi connectivity index (χ0n) is 19.3. The molecule has 0 unspecified atom stereocenters. The number of aryl methyl sites for hydroxylation is 1. The smallest absolute Gasteiger partial charge is 0.173 e. The molecule has 0 aliphatic carbocycles. The van der Waals surface area contributed by atoms with E-state index in [1.807, 2.05) is 31.3 Å². The van der Waals surface area contributed by atoms with E-state index < -0.39 is 0 Å². The lowest BCUT2D eigenvalue weighted by atomic mass is 10.1. The predicted molar refractivity (Wildman–Crippen MR) is 137 cm³/mol. The van der Waals surface area contributed by atoms with E-state index in [4.69, 9.17) is 4.98 Å². The molecule has 0 amide bonds. The number of aromatic amines is 1. The molecule has 0 spiro atoms. The Morgan fingerprint density at radius 3 is 2.57 bits per heavy atom. The van der Waals surface area contributed by atoms with E-state index in [9.17, 15) is 5.11 Å². The monoisotopic (exact) mass is 460 g/mol. The molecule has 0 fully saturated rings. The number of hydrogen-bond donors (Lipinski definition) is 3. The van der Waals surface area contributed by atoms with Crippen molar-refractivity contribution in [2.24, 2.45) is 7.05 Å². The second-order valence-electron chi connectivity index (χ2n) is 9.25. The molecule has 172 valence electrons. The number of fused-ring (bicyclic) bond motifs is 3. The average Bonchev–Trinajstić information content (AvgIpc) is 3.61. The van der Waals surface area contributed by atoms with Gasteiger partial charge in [0.2, 0.25) is 0 Å². The molecule has 0 radical (unpaired) electrons. The van der Waals surface area contributed by atoms with Gasteiger partial charge < -0.3 is 20.3 Å². The lowest BCUT2D eigenvalue weighted by molar-refractivity contribution is 0.478. The molecule has 0 saturated heterocycles. The van der Waals surface area contributed by atoms with E-state index in [-0.39, 0.29) is 5.75 Å². The van der Waals surface area contributed by atoms with Crippen molar-refractivity contribution in [1.82, 2.24) is 25.1 Å². The second-order valence-corrected chi connectivity index (χ2v) is 9.25. The standard InChI is InChI=1S/C28H24N6O/c1-16-11-18-5-3-4-6-24(18)34(16)21-9-7-17(8-10-21)25-27(35)26(33(2)32-25)28-30-22-12-19-14-29-15-20(19)13-23(22)31-28/h3-10,12-13,29,35H,1,11,14-15H2,2H3,(H,30,31). The summed E-state index contributed by atoms with van der Waals surface area (Å²) in [6.45, 7) is 5.99. The van der Waals surface area contributed by atoms with E-state index >= 15 is 0 Å². The maximum absolute atomic E-state index is 11.2. The Kier molecular flexibility index (Phi) is 4.19. The molecule has 2 aliphatic heterocycles. The summed E-state index contributed by atoms with van der Waals surface area (Å²) in [5, 5.41) is 19.2. The Balaban J connectivity index is 1.25. The van der Waals surface area contributed by atoms with Gasteiger partial charge in [-0.3, -0.25) is 4.68 Å². The molecule has 0 bridgehead atoms. The molecule has 7 heteroatoms. The van der Waals surface area contributed by atoms with Crippen molar-refractivity contribution in [2.75, 3.05) is 4.90 Å². The SMILES string of the molecule is C=C1Cc2ccccc2N1c1ccc(-c2nn(C)c(-c3nc4cc5c(cc4[nH]3)CNC5)c2O)cc1. The predicted octanol–water partition coefficient (Wildman–Crippen LogP) is 5.15. The molecule has 0 atom stereocenters. The summed E-state index contributed by atoms with van der Waals surface area (Å²) in [4.78, 5) is 10.3. The minimum Gasteiger partial charge on any atom is -0.504 e. The maximum Gasteiger partial charge on any atom is 0.173 e. The number of allylic oxidation sites excluding steroid dienone is 1. The lowest BCUT2D eigenvalue weighted by Gasteiger charge is -2.21. The first-order valence-corrected chi connectivity index (χ1v) is 11.7. The van der Waals surface area contributed by atoms with Crippen LogP contribution in [0.4, 0.5) is 11.4 Å². The van der Waals surface area contributed by atoms with Crippen LogP contribution in [0.5, 0.6) is 5.75 Å². The Labute approximate surface area is 202 Å². The fourth-order valence-corrected chi connectivity index (χ4v) is 5.33. The third kappa shape index (κ3) is 3.02. The number of aromatic hydroxyl groups is 1. The molecule has 2 aliphatic rings. The van der Waals surface area contributed by atoms with Crippen molar-refractivity contribution < 1.29 is 5.11 Å². The number of hydrogen-bond acceptors (Lipinski definition) is 5. The number of H-pyrrole nitrogens is 1. The van der Waals surface area contributed by atoms with Gasteiger partial charge in [0.1, 0.15) is 11.4 Å². The fourth-order valence-electron chi connectivity index (χ4n) is 5.33. The van der Waals surface area contributed by atoms with Crippen LogP contribution >= 0.6 is 0 Å². The molecule has 3 aromatic carbocycles. The lowest BCUT2D eigenvalue weighted by Crippen LogP contribution is -2.10. The van der Waals surface area contributed by atoms with Crippen LogP contribution in [0.25, 0.3) is 33.8 Å². The molecule has 2 aromatic heterocycles. The zero-order valence-corrected chi connectivity index (χ0v) is 19.3. The van der Waals surface area contributed by atoms with Crippen molar-refractivity contribution in [3.63, 3.8) is 0 Å². The summed E-state index contributed by atoms with van der Waals surface area (Å²) in [5.41, 5.74) is 10.9. The zero-order chi connectivity index (χ0) is 23.7. The summed E-state index contributed by atoms with van der Waals surface area (Å²) in [5.74, 6) is 0.724. The topological polar surface area (TPSA) is 82.0 Å². The number of anilines is 2. The van der Waals surface area contributed by atoms with Gasteiger partial charge in [0.05, 0.1) is 11.0 Å². The van der Waals surface area contributed by atoms with Crippen molar-refractivity contribution >= 4 is 22.4 Å². The summed E-state index contributed by atoms with van der Waals surface area (Å²) in [6, 6.07) is 20.7. The van der Waals surface area contributed by atoms with Crippen LogP contribution in [0.1, 0.15) is 16.7 Å². The molecular weight excluding hydrogens is 436 g/mol. The van der Waals surface area contributed by atoms with Gasteiger partial charge in [-0.1, -0.05) is 36.9 Å². The summed E-state index contributed by atoms with van der Waals surface area (Å²) >= 11 is 0. The van der Waals surface area contributed by atoms with Gasteiger partial charge >= 0.3 is 0 Å². The van der Waals surface area contributed by atoms with Gasteiger partial charge in [-0.15, -0.1) is 0 Å². The summed E-state index contributed by atoms with van der Waals surface area (Å²) in [6.07, 6.45) is 0.847. The van der Waals surface area contributed by atoms with Crippen LogP contribution in [0, 0.1) is 0 Å². The highest BCUT2D eigenvalue weighted by Crippen LogP contribution is 2.42. The average molecular weight is 461 g/mol. The number of rotatable bonds is 3. The van der Waals surface area contributed by atoms with Gasteiger partial charge in [-0.05, 0) is 47.0 Å². The maximum atomic E-state index is 11.2. The van der Waals surface area contributed by atoms with Gasteiger partial charge in [0.15, 0.2) is 11.6 Å². The minimum atomic E-state index is 0.115. The number of imidazole rings is 1. The third-order valence-electron chi connectivity index (χ3n) is 7.02. The highest BCUT2D eigenvalue weighted by molar-refractivity contribution is 5.84. The van der Waals surface area contributed by atoms with E-state index in [0.29, 0.717) is 17.2 Å². The van der Waals surface area contributed by atoms with Gasteiger partial charge in [0.25, 0.3) is 0 Å². The quantitative estimate of drug-likeness (QED) is 0.347. The first-order chi connectivity index (χ1) is 17.1. The minimum absolute atomic E-state index is 0.115. The van der Waals surface area contributed by atoms with Gasteiger partial charge in [-0.25, -0.2) is 4.98 Å².